The van der Waals surface area contributed by atoms with Crippen LogP contribution in [0.3, 0.4) is 0 Å². The summed E-state index contributed by atoms with van der Waals surface area (Å²) in [6, 6.07) is 9.34. The molecule has 3 amide bonds. The minimum absolute atomic E-state index is 0.0177. The number of aromatic nitrogens is 1. The van der Waals surface area contributed by atoms with Crippen molar-refractivity contribution in [2.24, 2.45) is 11.7 Å². The van der Waals surface area contributed by atoms with Crippen LogP contribution in [0.4, 0.5) is 0 Å². The maximum atomic E-state index is 13.5. The predicted molar refractivity (Wildman–Crippen MR) is 150 cm³/mol. The van der Waals surface area contributed by atoms with Gasteiger partial charge in [-0.2, -0.15) is 0 Å². The maximum Gasteiger partial charge on any atom is 0.326 e. The Kier molecular flexibility index (Phi) is 10.3. The molecule has 11 nitrogen and oxygen atoms in total. The molecule has 3 rings (SSSR count). The Morgan fingerprint density at radius 3 is 2.15 bits per heavy atom. The highest BCUT2D eigenvalue weighted by Gasteiger charge is 2.33. The third kappa shape index (κ3) is 7.82. The molecule has 214 valence electrons. The second-order valence-corrected chi connectivity index (χ2v) is 10.1. The molecule has 0 radical (unpaired) electrons. The van der Waals surface area contributed by atoms with Gasteiger partial charge in [0.2, 0.25) is 17.7 Å². The van der Waals surface area contributed by atoms with Crippen molar-refractivity contribution in [3.05, 3.63) is 65.9 Å². The molecule has 11 heteroatoms. The fourth-order valence-corrected chi connectivity index (χ4v) is 4.32. The number of H-pyrrole nitrogens is 1. The van der Waals surface area contributed by atoms with Crippen LogP contribution < -0.4 is 21.7 Å². The van der Waals surface area contributed by atoms with Gasteiger partial charge < -0.3 is 36.9 Å². The summed E-state index contributed by atoms with van der Waals surface area (Å²) in [6.07, 6.45) is 2.41. The van der Waals surface area contributed by atoms with E-state index in [1.165, 1.54) is 19.1 Å². The number of benzene rings is 2. The first-order valence-electron chi connectivity index (χ1n) is 13.2. The van der Waals surface area contributed by atoms with Crippen molar-refractivity contribution < 1.29 is 29.4 Å². The standard InChI is InChI=1S/C29H37N5O6/c1-4-16(2)25(28(38)33-24(29(39)40)13-18-9-11-20(35)12-10-18)34-27(37)23(32-26(36)17(3)30)14-19-15-31-22-8-6-5-7-21(19)22/h5-12,15-17,23-25,31,35H,4,13-14,30H2,1-3H3,(H,32,36)(H,33,38)(H,34,37)(H,39,40). The van der Waals surface area contributed by atoms with E-state index in [1.54, 1.807) is 25.3 Å². The van der Waals surface area contributed by atoms with E-state index in [-0.39, 0.29) is 24.5 Å². The highest BCUT2D eigenvalue weighted by Crippen LogP contribution is 2.20. The zero-order chi connectivity index (χ0) is 29.4. The molecule has 2 aromatic carbocycles. The van der Waals surface area contributed by atoms with E-state index in [0.29, 0.717) is 12.0 Å². The van der Waals surface area contributed by atoms with Crippen LogP contribution in [-0.4, -0.2) is 63.1 Å². The van der Waals surface area contributed by atoms with Gasteiger partial charge in [0.15, 0.2) is 0 Å². The van der Waals surface area contributed by atoms with E-state index >= 15 is 0 Å². The van der Waals surface area contributed by atoms with Gasteiger partial charge in [-0.3, -0.25) is 14.4 Å². The van der Waals surface area contributed by atoms with Crippen LogP contribution >= 0.6 is 0 Å². The summed E-state index contributed by atoms with van der Waals surface area (Å²) in [6.45, 7) is 5.13. The monoisotopic (exact) mass is 551 g/mol. The molecule has 0 aliphatic carbocycles. The largest absolute Gasteiger partial charge is 0.508 e. The van der Waals surface area contributed by atoms with E-state index in [9.17, 15) is 29.4 Å². The van der Waals surface area contributed by atoms with Crippen LogP contribution in [0.5, 0.6) is 5.75 Å². The number of aliphatic carboxylic acids is 1. The highest BCUT2D eigenvalue weighted by atomic mass is 16.4. The van der Waals surface area contributed by atoms with Crippen LogP contribution in [0.2, 0.25) is 0 Å². The molecule has 0 aliphatic heterocycles. The maximum absolute atomic E-state index is 13.5. The van der Waals surface area contributed by atoms with Crippen molar-refractivity contribution >= 4 is 34.6 Å². The second kappa shape index (κ2) is 13.6. The first-order valence-corrected chi connectivity index (χ1v) is 13.2. The first-order chi connectivity index (χ1) is 19.0. The molecule has 5 atom stereocenters. The van der Waals surface area contributed by atoms with Crippen molar-refractivity contribution in [1.82, 2.24) is 20.9 Å². The summed E-state index contributed by atoms with van der Waals surface area (Å²) in [5.41, 5.74) is 8.01. The number of rotatable bonds is 13. The van der Waals surface area contributed by atoms with Gasteiger partial charge in [-0.15, -0.1) is 0 Å². The summed E-state index contributed by atoms with van der Waals surface area (Å²) >= 11 is 0. The van der Waals surface area contributed by atoms with Gasteiger partial charge >= 0.3 is 5.97 Å². The number of carbonyl (C=O) groups is 4. The Hall–Kier alpha value is -4.38. The number of amides is 3. The third-order valence-corrected chi connectivity index (χ3v) is 6.93. The fraction of sp³-hybridized carbons (Fsp3) is 0.379. The molecule has 3 aromatic rings. The SMILES string of the molecule is CCC(C)C(NC(=O)C(Cc1c[nH]c2ccccc12)NC(=O)C(C)N)C(=O)NC(Cc1ccc(O)cc1)C(=O)O. The van der Waals surface area contributed by atoms with Crippen LogP contribution in [0.1, 0.15) is 38.3 Å². The number of hydrogen-bond acceptors (Lipinski definition) is 6. The molecule has 0 saturated heterocycles. The number of aromatic hydroxyl groups is 1. The van der Waals surface area contributed by atoms with Gasteiger partial charge in [0, 0.05) is 29.9 Å². The number of hydrogen-bond donors (Lipinski definition) is 7. The number of para-hydroxylation sites is 1. The zero-order valence-corrected chi connectivity index (χ0v) is 22.8. The molecule has 0 fully saturated rings. The van der Waals surface area contributed by atoms with Crippen molar-refractivity contribution in [1.29, 1.82) is 0 Å². The number of fused-ring (bicyclic) bond motifs is 1. The normalized spacial score (nSPS) is 14.9. The quantitative estimate of drug-likeness (QED) is 0.168. The molecule has 1 aromatic heterocycles. The molecule has 40 heavy (non-hydrogen) atoms. The number of phenolic OH excluding ortho intramolecular Hbond substituents is 1. The third-order valence-electron chi connectivity index (χ3n) is 6.93. The van der Waals surface area contributed by atoms with E-state index in [0.717, 1.165) is 16.5 Å². The first kappa shape index (κ1) is 30.2. The lowest BCUT2D eigenvalue weighted by atomic mass is 9.96. The Morgan fingerprint density at radius 1 is 0.875 bits per heavy atom. The Labute approximate surface area is 232 Å². The Morgan fingerprint density at radius 2 is 1.52 bits per heavy atom. The summed E-state index contributed by atoms with van der Waals surface area (Å²) in [7, 11) is 0. The number of phenols is 1. The van der Waals surface area contributed by atoms with E-state index < -0.39 is 47.9 Å². The summed E-state index contributed by atoms with van der Waals surface area (Å²) in [5.74, 6) is -3.31. The predicted octanol–water partition coefficient (Wildman–Crippen LogP) is 1.59. The number of nitrogens with two attached hydrogens (primary N) is 1. The average molecular weight is 552 g/mol. The minimum Gasteiger partial charge on any atom is -0.508 e. The van der Waals surface area contributed by atoms with Crippen molar-refractivity contribution in [3.8, 4) is 5.75 Å². The molecule has 0 saturated carbocycles. The molecule has 5 unspecified atom stereocenters. The molecule has 0 spiro atoms. The Bertz CT molecular complexity index is 1340. The number of aromatic amines is 1. The lowest BCUT2D eigenvalue weighted by Crippen LogP contribution is -2.59. The molecule has 8 N–H and O–H groups in total. The second-order valence-electron chi connectivity index (χ2n) is 10.1. The molecular formula is C29H37N5O6. The van der Waals surface area contributed by atoms with E-state index in [4.69, 9.17) is 5.73 Å². The smallest absolute Gasteiger partial charge is 0.326 e. The van der Waals surface area contributed by atoms with Crippen molar-refractivity contribution in [2.75, 3.05) is 0 Å². The van der Waals surface area contributed by atoms with Gasteiger partial charge in [0.05, 0.1) is 6.04 Å². The van der Waals surface area contributed by atoms with E-state index in [1.807, 2.05) is 31.2 Å². The number of nitrogens with one attached hydrogen (secondary N) is 4. The minimum atomic E-state index is -1.26. The van der Waals surface area contributed by atoms with E-state index in [2.05, 4.69) is 20.9 Å². The molecule has 1 heterocycles. The summed E-state index contributed by atoms with van der Waals surface area (Å²) < 4.78 is 0. The fourth-order valence-electron chi connectivity index (χ4n) is 4.32. The van der Waals surface area contributed by atoms with Crippen LogP contribution in [0, 0.1) is 5.92 Å². The lowest BCUT2D eigenvalue weighted by molar-refractivity contribution is -0.142. The van der Waals surface area contributed by atoms with Gasteiger partial charge in [0.25, 0.3) is 0 Å². The lowest BCUT2D eigenvalue weighted by Gasteiger charge is -2.28. The Balaban J connectivity index is 1.81. The topological polar surface area (TPSA) is 187 Å². The molecule has 0 aliphatic rings. The van der Waals surface area contributed by atoms with Gasteiger partial charge in [-0.1, -0.05) is 50.6 Å². The molecular weight excluding hydrogens is 514 g/mol. The van der Waals surface area contributed by atoms with Crippen LogP contribution in [0.15, 0.2) is 54.7 Å². The summed E-state index contributed by atoms with van der Waals surface area (Å²) in [4.78, 5) is 54.5. The summed E-state index contributed by atoms with van der Waals surface area (Å²) in [5, 5.41) is 28.1. The number of carbonyl (C=O) groups excluding carboxylic acids is 3. The van der Waals surface area contributed by atoms with Crippen molar-refractivity contribution in [3.63, 3.8) is 0 Å². The average Bonchev–Trinajstić information content (AvgIpc) is 3.34. The van der Waals surface area contributed by atoms with Crippen LogP contribution in [0.25, 0.3) is 10.9 Å². The highest BCUT2D eigenvalue weighted by molar-refractivity contribution is 5.95. The van der Waals surface area contributed by atoms with Crippen molar-refractivity contribution in [2.45, 2.75) is 64.2 Å². The van der Waals surface area contributed by atoms with Crippen LogP contribution in [-0.2, 0) is 32.0 Å². The van der Waals surface area contributed by atoms with Gasteiger partial charge in [-0.25, -0.2) is 4.79 Å². The molecule has 0 bridgehead atoms. The zero-order valence-electron chi connectivity index (χ0n) is 22.8. The van der Waals surface area contributed by atoms with Gasteiger partial charge in [-0.05, 0) is 42.2 Å². The number of carboxylic acid groups (broad SMARTS) is 1. The van der Waals surface area contributed by atoms with Gasteiger partial charge in [0.1, 0.15) is 23.9 Å². The number of carboxylic acids is 1.